The lowest BCUT2D eigenvalue weighted by molar-refractivity contribution is -0.161. The van der Waals surface area contributed by atoms with Gasteiger partial charge in [0.1, 0.15) is 12.7 Å². The van der Waals surface area contributed by atoms with Crippen molar-refractivity contribution in [3.63, 3.8) is 0 Å². The van der Waals surface area contributed by atoms with Gasteiger partial charge in [0, 0.05) is 12.8 Å². The van der Waals surface area contributed by atoms with Gasteiger partial charge in [0.25, 0.3) is 0 Å². The van der Waals surface area contributed by atoms with Gasteiger partial charge in [0.15, 0.2) is 6.10 Å². The van der Waals surface area contributed by atoms with Crippen LogP contribution in [-0.2, 0) is 46.5 Å². The van der Waals surface area contributed by atoms with Crippen LogP contribution in [0.5, 0.6) is 0 Å². The van der Waals surface area contributed by atoms with E-state index in [1.165, 1.54) is 19.3 Å². The second kappa shape index (κ2) is 36.3. The highest BCUT2D eigenvalue weighted by Gasteiger charge is 2.36. The van der Waals surface area contributed by atoms with Crippen molar-refractivity contribution < 1.29 is 66.3 Å². The fourth-order valence-electron chi connectivity index (χ4n) is 5.87. The third-order valence-corrected chi connectivity index (χ3v) is 10.7. The molecular weight excluding hydrogens is 814 g/mol. The molecule has 1 saturated heterocycles. The molecule has 0 aromatic heterocycles. The first kappa shape index (κ1) is 55.8. The van der Waals surface area contributed by atoms with Crippen molar-refractivity contribution in [3.05, 3.63) is 60.8 Å². The molecule has 0 spiro atoms. The molecule has 1 rings (SSSR count). The van der Waals surface area contributed by atoms with Crippen LogP contribution in [0.4, 0.5) is 0 Å². The molecule has 346 valence electrons. The Bertz CT molecular complexity index is 1360. The molecule has 1 heterocycles. The van der Waals surface area contributed by atoms with Crippen molar-refractivity contribution in [2.45, 2.75) is 180 Å². The van der Waals surface area contributed by atoms with Crippen molar-refractivity contribution in [1.82, 2.24) is 0 Å². The lowest BCUT2D eigenvalue weighted by Crippen LogP contribution is -2.30. The Balaban J connectivity index is 2.38. The summed E-state index contributed by atoms with van der Waals surface area (Å²) in [5, 5.41) is 9.75. The SMILES string of the molecule is CC/C=C\C/C=C\C/C=C\C/C=C\CCCCCCC(=O)O[C@H](COC(=O)CCCCCCC/C=C\CC1OC1CCCCC)COP(=O)(O)OC[C@@H](O)COP(=O)(O)O. The van der Waals surface area contributed by atoms with Gasteiger partial charge in [-0.05, 0) is 77.0 Å². The summed E-state index contributed by atoms with van der Waals surface area (Å²) in [6.45, 7) is 1.56. The van der Waals surface area contributed by atoms with Crippen molar-refractivity contribution in [1.29, 1.82) is 0 Å². The number of phosphoric acid groups is 2. The van der Waals surface area contributed by atoms with E-state index in [4.69, 9.17) is 28.5 Å². The molecule has 1 aliphatic rings. The maximum atomic E-state index is 12.7. The van der Waals surface area contributed by atoms with E-state index in [2.05, 4.69) is 83.7 Å². The van der Waals surface area contributed by atoms with E-state index in [9.17, 15) is 28.7 Å². The van der Waals surface area contributed by atoms with Crippen molar-refractivity contribution in [2.75, 3.05) is 26.4 Å². The van der Waals surface area contributed by atoms with Crippen LogP contribution in [0.15, 0.2) is 60.8 Å². The zero-order valence-corrected chi connectivity index (χ0v) is 38.0. The Labute approximate surface area is 359 Å². The van der Waals surface area contributed by atoms with Gasteiger partial charge in [0.05, 0.1) is 32.0 Å². The number of epoxide rings is 1. The lowest BCUT2D eigenvalue weighted by atomic mass is 10.1. The summed E-state index contributed by atoms with van der Waals surface area (Å²) in [5.74, 6) is -1.08. The number of allylic oxidation sites excluding steroid dienone is 9. The van der Waals surface area contributed by atoms with E-state index >= 15 is 0 Å². The molecule has 5 atom stereocenters. The number of hydrogen-bond donors (Lipinski definition) is 4. The van der Waals surface area contributed by atoms with Crippen LogP contribution in [0, 0.1) is 0 Å². The summed E-state index contributed by atoms with van der Waals surface area (Å²) in [6.07, 6.45) is 39.5. The van der Waals surface area contributed by atoms with E-state index in [1.807, 2.05) is 0 Å². The number of unbranched alkanes of at least 4 members (excludes halogenated alkanes) is 11. The monoisotopic (exact) mass is 890 g/mol. The minimum Gasteiger partial charge on any atom is -0.462 e. The van der Waals surface area contributed by atoms with Crippen LogP contribution in [0.25, 0.3) is 0 Å². The third kappa shape index (κ3) is 36.4. The predicted molar refractivity (Wildman–Crippen MR) is 234 cm³/mol. The van der Waals surface area contributed by atoms with Crippen molar-refractivity contribution in [2.24, 2.45) is 0 Å². The Morgan fingerprint density at radius 3 is 1.75 bits per heavy atom. The molecule has 0 aliphatic carbocycles. The number of hydrogen-bond acceptors (Lipinski definition) is 11. The van der Waals surface area contributed by atoms with Gasteiger partial charge < -0.3 is 34.0 Å². The minimum atomic E-state index is -4.87. The van der Waals surface area contributed by atoms with Gasteiger partial charge in [-0.15, -0.1) is 0 Å². The molecule has 0 aromatic carbocycles. The van der Waals surface area contributed by atoms with Crippen LogP contribution in [-0.4, -0.2) is 82.6 Å². The van der Waals surface area contributed by atoms with Gasteiger partial charge >= 0.3 is 27.6 Å². The fourth-order valence-corrected chi connectivity index (χ4v) is 7.03. The van der Waals surface area contributed by atoms with Crippen LogP contribution in [0.1, 0.15) is 155 Å². The summed E-state index contributed by atoms with van der Waals surface area (Å²) in [5.41, 5.74) is 0. The third-order valence-electron chi connectivity index (χ3n) is 9.30. The highest BCUT2D eigenvalue weighted by Crippen LogP contribution is 2.44. The smallest absolute Gasteiger partial charge is 0.462 e. The predicted octanol–water partition coefficient (Wildman–Crippen LogP) is 10.2. The zero-order chi connectivity index (χ0) is 44.2. The van der Waals surface area contributed by atoms with Crippen LogP contribution >= 0.6 is 15.6 Å². The van der Waals surface area contributed by atoms with Gasteiger partial charge in [-0.2, -0.15) is 0 Å². The topological polar surface area (TPSA) is 208 Å². The average Bonchev–Trinajstić information content (AvgIpc) is 3.96. The summed E-state index contributed by atoms with van der Waals surface area (Å²) in [7, 11) is -9.69. The number of carbonyl (C=O) groups is 2. The van der Waals surface area contributed by atoms with E-state index in [-0.39, 0.29) is 12.8 Å². The van der Waals surface area contributed by atoms with Gasteiger partial charge in [0.2, 0.25) is 0 Å². The molecule has 4 N–H and O–H groups in total. The molecule has 60 heavy (non-hydrogen) atoms. The standard InChI is InChI=1S/C44H76O14P2/c1-3-5-7-8-9-10-11-12-13-14-15-16-17-18-23-26-30-34-44(47)57-40(38-56-60(51,52)55-36-39(45)35-54-59(48,49)50)37-53-43(46)33-29-25-22-20-19-21-24-28-32-42-41(58-42)31-27-6-4-2/h5,7,9-10,12-13,15-16,24,28,39-42,45H,3-4,6,8,11,14,17-23,25-27,29-38H2,1-2H3,(H,51,52)(H2,48,49,50)/b7-5-,10-9-,13-12-,16-15-,28-24-/t39-,40+,41?,42?/m0/s1. The molecular formula is C44H76O14P2. The van der Waals surface area contributed by atoms with Crippen LogP contribution < -0.4 is 0 Å². The molecule has 14 nitrogen and oxygen atoms in total. The molecule has 3 unspecified atom stereocenters. The van der Waals surface area contributed by atoms with E-state index < -0.39 is 66.2 Å². The van der Waals surface area contributed by atoms with Crippen molar-refractivity contribution in [3.8, 4) is 0 Å². The summed E-state index contributed by atoms with van der Waals surface area (Å²) < 4.78 is 53.5. The Morgan fingerprint density at radius 1 is 0.600 bits per heavy atom. The molecule has 16 heteroatoms. The quantitative estimate of drug-likeness (QED) is 0.0148. The summed E-state index contributed by atoms with van der Waals surface area (Å²) in [4.78, 5) is 52.7. The number of phosphoric ester groups is 2. The Hall–Kier alpha value is -2.22. The first-order valence-corrected chi connectivity index (χ1v) is 25.1. The second-order valence-corrected chi connectivity index (χ2v) is 17.7. The average molecular weight is 891 g/mol. The molecule has 0 saturated carbocycles. The van der Waals surface area contributed by atoms with Gasteiger partial charge in [-0.1, -0.05) is 126 Å². The maximum absolute atomic E-state index is 12.7. The highest BCUT2D eigenvalue weighted by molar-refractivity contribution is 7.47. The normalized spacial score (nSPS) is 18.0. The second-order valence-electron chi connectivity index (χ2n) is 15.0. The van der Waals surface area contributed by atoms with E-state index in [0.717, 1.165) is 96.3 Å². The van der Waals surface area contributed by atoms with E-state index in [0.29, 0.717) is 25.0 Å². The molecule has 0 bridgehead atoms. The number of aliphatic hydroxyl groups is 1. The molecule has 0 amide bonds. The zero-order valence-electron chi connectivity index (χ0n) is 36.2. The van der Waals surface area contributed by atoms with Crippen LogP contribution in [0.2, 0.25) is 0 Å². The Morgan fingerprint density at radius 2 is 1.13 bits per heavy atom. The van der Waals surface area contributed by atoms with E-state index in [1.54, 1.807) is 0 Å². The number of rotatable bonds is 40. The van der Waals surface area contributed by atoms with Crippen LogP contribution in [0.3, 0.4) is 0 Å². The maximum Gasteiger partial charge on any atom is 0.472 e. The minimum absolute atomic E-state index is 0.0950. The summed E-state index contributed by atoms with van der Waals surface area (Å²) in [6, 6.07) is 0. The number of ether oxygens (including phenoxy) is 3. The highest BCUT2D eigenvalue weighted by atomic mass is 31.2. The number of esters is 2. The summed E-state index contributed by atoms with van der Waals surface area (Å²) >= 11 is 0. The number of carbonyl (C=O) groups excluding carboxylic acids is 2. The largest absolute Gasteiger partial charge is 0.472 e. The first-order valence-electron chi connectivity index (χ1n) is 22.1. The molecule has 1 aliphatic heterocycles. The fraction of sp³-hybridized carbons (Fsp3) is 0.727. The Kier molecular flexibility index (Phi) is 33.7. The molecule has 0 radical (unpaired) electrons. The van der Waals surface area contributed by atoms with Gasteiger partial charge in [-0.25, -0.2) is 9.13 Å². The molecule has 1 fully saturated rings. The molecule has 0 aromatic rings. The lowest BCUT2D eigenvalue weighted by Gasteiger charge is -2.20. The van der Waals surface area contributed by atoms with Crippen molar-refractivity contribution >= 4 is 27.6 Å². The van der Waals surface area contributed by atoms with Gasteiger partial charge in [-0.3, -0.25) is 23.2 Å². The number of aliphatic hydroxyl groups excluding tert-OH is 1. The first-order chi connectivity index (χ1) is 28.8.